The van der Waals surface area contributed by atoms with Gasteiger partial charge in [0.15, 0.2) is 0 Å². The van der Waals surface area contributed by atoms with E-state index in [1.807, 2.05) is 43.0 Å². The van der Waals surface area contributed by atoms with Crippen molar-refractivity contribution in [1.82, 2.24) is 25.0 Å². The number of amides is 1. The Morgan fingerprint density at radius 2 is 2.04 bits per heavy atom. The third-order valence-electron chi connectivity index (χ3n) is 4.82. The molecule has 124 valence electrons. The number of hydrogen-bond acceptors (Lipinski definition) is 5. The van der Waals surface area contributed by atoms with Crippen LogP contribution in [0.5, 0.6) is 0 Å². The molecule has 0 radical (unpaired) electrons. The summed E-state index contributed by atoms with van der Waals surface area (Å²) in [5.41, 5.74) is 6.21. The highest BCUT2D eigenvalue weighted by Gasteiger charge is 2.40. The Balaban J connectivity index is 1.86. The van der Waals surface area contributed by atoms with Crippen LogP contribution in [-0.2, 0) is 18.4 Å². The maximum atomic E-state index is 12.3. The lowest BCUT2D eigenvalue weighted by Crippen LogP contribution is -2.35. The predicted molar refractivity (Wildman–Crippen MR) is 90.3 cm³/mol. The molecule has 1 amide bonds. The van der Waals surface area contributed by atoms with E-state index < -0.39 is 0 Å². The number of carbonyl (C=O) groups excluding carboxylic acids is 1. The van der Waals surface area contributed by atoms with Gasteiger partial charge < -0.3 is 10.2 Å². The van der Waals surface area contributed by atoms with Crippen LogP contribution in [-0.4, -0.2) is 38.7 Å². The number of hydrogen-bond donors (Lipinski definition) is 1. The molecular formula is C16H23N5OS. The van der Waals surface area contributed by atoms with Gasteiger partial charge in [-0.1, -0.05) is 0 Å². The van der Waals surface area contributed by atoms with Crippen LogP contribution < -0.4 is 5.32 Å². The van der Waals surface area contributed by atoms with E-state index in [2.05, 4.69) is 22.3 Å². The summed E-state index contributed by atoms with van der Waals surface area (Å²) in [5.74, 6) is 0.177. The maximum absolute atomic E-state index is 12.3. The molecule has 0 aromatic carbocycles. The molecule has 6 nitrogen and oxygen atoms in total. The van der Waals surface area contributed by atoms with E-state index in [4.69, 9.17) is 0 Å². The topological polar surface area (TPSA) is 63.1 Å². The van der Waals surface area contributed by atoms with E-state index in [1.165, 1.54) is 10.4 Å². The molecule has 2 aromatic heterocycles. The normalized spacial score (nSPS) is 21.4. The monoisotopic (exact) mass is 333 g/mol. The van der Waals surface area contributed by atoms with Gasteiger partial charge >= 0.3 is 0 Å². The Bertz CT molecular complexity index is 735. The quantitative estimate of drug-likeness (QED) is 0.928. The Morgan fingerprint density at radius 1 is 1.30 bits per heavy atom. The third-order valence-corrected chi connectivity index (χ3v) is 5.75. The van der Waals surface area contributed by atoms with Gasteiger partial charge in [-0.2, -0.15) is 5.10 Å². The first-order valence-electron chi connectivity index (χ1n) is 7.78. The molecule has 0 unspecified atom stereocenters. The van der Waals surface area contributed by atoms with Crippen molar-refractivity contribution in [3.05, 3.63) is 33.0 Å². The first-order valence-corrected chi connectivity index (χ1v) is 8.66. The van der Waals surface area contributed by atoms with Gasteiger partial charge in [0, 0.05) is 49.2 Å². The highest BCUT2D eigenvalue weighted by atomic mass is 32.1. The number of carbonyl (C=O) groups is 1. The molecule has 0 bridgehead atoms. The van der Waals surface area contributed by atoms with Gasteiger partial charge in [0.05, 0.1) is 22.9 Å². The molecule has 23 heavy (non-hydrogen) atoms. The third kappa shape index (κ3) is 2.79. The largest absolute Gasteiger partial charge is 0.337 e. The second-order valence-corrected chi connectivity index (χ2v) is 7.15. The van der Waals surface area contributed by atoms with Gasteiger partial charge in [-0.3, -0.25) is 9.48 Å². The number of nitrogens with one attached hydrogen (secondary N) is 1. The minimum absolute atomic E-state index is 0.0319. The number of aryl methyl sites for hydroxylation is 3. The lowest BCUT2D eigenvalue weighted by Gasteiger charge is -2.26. The molecule has 2 atom stereocenters. The summed E-state index contributed by atoms with van der Waals surface area (Å²) in [4.78, 5) is 19.6. The summed E-state index contributed by atoms with van der Waals surface area (Å²) in [7, 11) is 3.84. The average Bonchev–Trinajstić information content (AvgIpc) is 3.10. The lowest BCUT2D eigenvalue weighted by atomic mass is 9.98. The van der Waals surface area contributed by atoms with Gasteiger partial charge in [0.1, 0.15) is 0 Å². The average molecular weight is 333 g/mol. The van der Waals surface area contributed by atoms with Crippen molar-refractivity contribution in [1.29, 1.82) is 0 Å². The Hall–Kier alpha value is -1.73. The van der Waals surface area contributed by atoms with E-state index in [-0.39, 0.29) is 18.0 Å². The van der Waals surface area contributed by atoms with Gasteiger partial charge in [-0.25, -0.2) is 4.98 Å². The number of thiazole rings is 1. The zero-order valence-corrected chi connectivity index (χ0v) is 15.1. The number of likely N-dealkylation sites (tertiary alicyclic amines) is 1. The minimum atomic E-state index is 0.0319. The fraction of sp³-hybridized carbons (Fsp3) is 0.562. The van der Waals surface area contributed by atoms with E-state index in [0.717, 1.165) is 23.6 Å². The Labute approximate surface area is 140 Å². The van der Waals surface area contributed by atoms with Crippen LogP contribution in [0.4, 0.5) is 0 Å². The smallest absolute Gasteiger partial charge is 0.224 e. The van der Waals surface area contributed by atoms with E-state index in [0.29, 0.717) is 6.42 Å². The van der Waals surface area contributed by atoms with Crippen molar-refractivity contribution in [3.8, 4) is 0 Å². The van der Waals surface area contributed by atoms with Crippen LogP contribution in [0.1, 0.15) is 40.0 Å². The molecule has 1 N–H and O–H groups in total. The molecule has 3 heterocycles. The molecule has 0 aliphatic carbocycles. The van der Waals surface area contributed by atoms with Gasteiger partial charge in [0.25, 0.3) is 0 Å². The van der Waals surface area contributed by atoms with Crippen molar-refractivity contribution >= 4 is 17.2 Å². The first kappa shape index (κ1) is 16.1. The van der Waals surface area contributed by atoms with Crippen LogP contribution in [0.25, 0.3) is 0 Å². The van der Waals surface area contributed by atoms with Crippen LogP contribution in [0.15, 0.2) is 5.51 Å². The van der Waals surface area contributed by atoms with Crippen LogP contribution in [0, 0.1) is 20.8 Å². The summed E-state index contributed by atoms with van der Waals surface area (Å²) < 4.78 is 1.89. The molecule has 0 spiro atoms. The second-order valence-electron chi connectivity index (χ2n) is 6.21. The summed E-state index contributed by atoms with van der Waals surface area (Å²) in [5, 5.41) is 8.09. The SMILES string of the molecule is Cc1ncsc1CN[C@@H]1CC(=O)N(C)[C@H]1c1c(C)nn(C)c1C. The fourth-order valence-electron chi connectivity index (χ4n) is 3.39. The predicted octanol–water partition coefficient (Wildman–Crippen LogP) is 1.86. The number of rotatable bonds is 4. The van der Waals surface area contributed by atoms with Crippen molar-refractivity contribution < 1.29 is 4.79 Å². The van der Waals surface area contributed by atoms with E-state index >= 15 is 0 Å². The number of aromatic nitrogens is 3. The van der Waals surface area contributed by atoms with Crippen LogP contribution in [0.3, 0.4) is 0 Å². The summed E-state index contributed by atoms with van der Waals surface area (Å²) in [6.07, 6.45) is 0.521. The highest BCUT2D eigenvalue weighted by molar-refractivity contribution is 7.09. The van der Waals surface area contributed by atoms with Crippen molar-refractivity contribution in [2.45, 2.75) is 45.8 Å². The summed E-state index contributed by atoms with van der Waals surface area (Å²) in [6, 6.07) is 0.125. The van der Waals surface area contributed by atoms with E-state index in [9.17, 15) is 4.79 Å². The zero-order valence-electron chi connectivity index (χ0n) is 14.3. The van der Waals surface area contributed by atoms with Gasteiger partial charge in [0.2, 0.25) is 5.91 Å². The van der Waals surface area contributed by atoms with Crippen molar-refractivity contribution in [2.24, 2.45) is 7.05 Å². The molecule has 1 saturated heterocycles. The molecule has 2 aromatic rings. The highest BCUT2D eigenvalue weighted by Crippen LogP contribution is 2.35. The maximum Gasteiger partial charge on any atom is 0.224 e. The lowest BCUT2D eigenvalue weighted by molar-refractivity contribution is -0.127. The molecule has 1 aliphatic rings. The molecule has 0 saturated carbocycles. The fourth-order valence-corrected chi connectivity index (χ4v) is 4.11. The van der Waals surface area contributed by atoms with Crippen LogP contribution >= 0.6 is 11.3 Å². The van der Waals surface area contributed by atoms with Crippen molar-refractivity contribution in [3.63, 3.8) is 0 Å². The summed E-state index contributed by atoms with van der Waals surface area (Å²) >= 11 is 1.65. The zero-order chi connectivity index (χ0) is 16.7. The van der Waals surface area contributed by atoms with Gasteiger partial charge in [-0.05, 0) is 20.8 Å². The van der Waals surface area contributed by atoms with Crippen LogP contribution in [0.2, 0.25) is 0 Å². The van der Waals surface area contributed by atoms with E-state index in [1.54, 1.807) is 11.3 Å². The molecule has 1 fully saturated rings. The number of likely N-dealkylation sites (N-methyl/N-ethyl adjacent to an activating group) is 1. The van der Waals surface area contributed by atoms with Crippen molar-refractivity contribution in [2.75, 3.05) is 7.05 Å². The molecule has 7 heteroatoms. The standard InChI is InChI=1S/C16H23N5OS/c1-9-13(23-8-18-9)7-17-12-6-14(22)20(4)16(12)15-10(2)19-21(5)11(15)3/h8,12,16-17H,6-7H2,1-5H3/t12-,16-/m1/s1. The Kier molecular flexibility index (Phi) is 4.25. The molecular weight excluding hydrogens is 310 g/mol. The summed E-state index contributed by atoms with van der Waals surface area (Å²) in [6.45, 7) is 6.85. The Morgan fingerprint density at radius 3 is 2.61 bits per heavy atom. The first-order chi connectivity index (χ1) is 10.9. The number of nitrogens with zero attached hydrogens (tertiary/aromatic N) is 4. The second kappa shape index (κ2) is 6.05. The molecule has 1 aliphatic heterocycles. The minimum Gasteiger partial charge on any atom is -0.337 e. The van der Waals surface area contributed by atoms with Gasteiger partial charge in [-0.15, -0.1) is 11.3 Å². The molecule has 3 rings (SSSR count).